The van der Waals surface area contributed by atoms with Crippen molar-refractivity contribution >= 4 is 27.3 Å². The van der Waals surface area contributed by atoms with Gasteiger partial charge in [0, 0.05) is 22.3 Å². The lowest BCUT2D eigenvalue weighted by atomic mass is 10.1. The minimum absolute atomic E-state index is 0.0549. The fraction of sp³-hybridized carbons (Fsp3) is 0.308. The SMILES string of the molecule is Cc1ncc(COc2ccc(Br)cc2[C@H](C)N)s1. The zero-order chi connectivity index (χ0) is 13.1. The van der Waals surface area contributed by atoms with Crippen LogP contribution in [0.15, 0.2) is 28.9 Å². The standard InChI is InChI=1S/C13H15BrN2OS/c1-8(15)12-5-10(14)3-4-13(12)17-7-11-6-16-9(2)18-11/h3-6,8H,7,15H2,1-2H3/t8-/m0/s1. The summed E-state index contributed by atoms with van der Waals surface area (Å²) in [5.41, 5.74) is 6.95. The minimum atomic E-state index is -0.0549. The summed E-state index contributed by atoms with van der Waals surface area (Å²) in [7, 11) is 0. The van der Waals surface area contributed by atoms with Crippen molar-refractivity contribution in [1.82, 2.24) is 4.98 Å². The quantitative estimate of drug-likeness (QED) is 0.929. The molecule has 0 saturated heterocycles. The van der Waals surface area contributed by atoms with Crippen LogP contribution in [0.3, 0.4) is 0 Å². The van der Waals surface area contributed by atoms with E-state index in [1.165, 1.54) is 0 Å². The van der Waals surface area contributed by atoms with E-state index in [4.69, 9.17) is 10.5 Å². The number of halogens is 1. The van der Waals surface area contributed by atoms with Gasteiger partial charge >= 0.3 is 0 Å². The van der Waals surface area contributed by atoms with Gasteiger partial charge in [-0.05, 0) is 32.0 Å². The molecule has 1 heterocycles. The molecule has 0 saturated carbocycles. The number of ether oxygens (including phenoxy) is 1. The van der Waals surface area contributed by atoms with Crippen molar-refractivity contribution in [2.75, 3.05) is 0 Å². The highest BCUT2D eigenvalue weighted by Gasteiger charge is 2.09. The monoisotopic (exact) mass is 326 g/mol. The van der Waals surface area contributed by atoms with E-state index in [-0.39, 0.29) is 6.04 Å². The molecule has 0 amide bonds. The molecule has 0 radical (unpaired) electrons. The van der Waals surface area contributed by atoms with Gasteiger partial charge in [0.25, 0.3) is 0 Å². The fourth-order valence-corrected chi connectivity index (χ4v) is 2.71. The minimum Gasteiger partial charge on any atom is -0.488 e. The summed E-state index contributed by atoms with van der Waals surface area (Å²) in [6.07, 6.45) is 1.85. The first-order valence-corrected chi connectivity index (χ1v) is 7.26. The zero-order valence-corrected chi connectivity index (χ0v) is 12.7. The number of thiazole rings is 1. The lowest BCUT2D eigenvalue weighted by molar-refractivity contribution is 0.304. The van der Waals surface area contributed by atoms with E-state index >= 15 is 0 Å². The predicted molar refractivity (Wildman–Crippen MR) is 77.9 cm³/mol. The largest absolute Gasteiger partial charge is 0.488 e. The second kappa shape index (κ2) is 5.82. The van der Waals surface area contributed by atoms with E-state index in [9.17, 15) is 0 Å². The van der Waals surface area contributed by atoms with Crippen molar-refractivity contribution in [2.45, 2.75) is 26.5 Å². The third-order valence-corrected chi connectivity index (χ3v) is 3.88. The number of aromatic nitrogens is 1. The number of rotatable bonds is 4. The lowest BCUT2D eigenvalue weighted by Crippen LogP contribution is -2.08. The van der Waals surface area contributed by atoms with Gasteiger partial charge in [0.2, 0.25) is 0 Å². The van der Waals surface area contributed by atoms with E-state index in [1.54, 1.807) is 11.3 Å². The molecule has 0 unspecified atom stereocenters. The third-order valence-electron chi connectivity index (χ3n) is 2.50. The van der Waals surface area contributed by atoms with Gasteiger partial charge in [-0.3, -0.25) is 0 Å². The first-order valence-electron chi connectivity index (χ1n) is 5.65. The summed E-state index contributed by atoms with van der Waals surface area (Å²) in [6.45, 7) is 4.47. The van der Waals surface area contributed by atoms with Crippen LogP contribution >= 0.6 is 27.3 Å². The molecule has 0 fully saturated rings. The number of nitrogens with two attached hydrogens (primary N) is 1. The molecule has 96 valence electrons. The topological polar surface area (TPSA) is 48.1 Å². The zero-order valence-electron chi connectivity index (χ0n) is 10.3. The number of hydrogen-bond donors (Lipinski definition) is 1. The van der Waals surface area contributed by atoms with E-state index in [1.807, 2.05) is 38.2 Å². The van der Waals surface area contributed by atoms with Gasteiger partial charge in [0.1, 0.15) is 12.4 Å². The first kappa shape index (κ1) is 13.5. The van der Waals surface area contributed by atoms with Crippen molar-refractivity contribution in [3.05, 3.63) is 44.3 Å². The van der Waals surface area contributed by atoms with Crippen molar-refractivity contribution in [3.63, 3.8) is 0 Å². The van der Waals surface area contributed by atoms with E-state index in [2.05, 4.69) is 20.9 Å². The van der Waals surface area contributed by atoms with Gasteiger partial charge in [-0.2, -0.15) is 0 Å². The molecule has 0 aliphatic carbocycles. The Balaban J connectivity index is 2.13. The van der Waals surface area contributed by atoms with Gasteiger partial charge < -0.3 is 10.5 Å². The Labute approximate surface area is 119 Å². The maximum absolute atomic E-state index is 5.95. The number of hydrogen-bond acceptors (Lipinski definition) is 4. The molecule has 1 aromatic heterocycles. The van der Waals surface area contributed by atoms with E-state index in [0.717, 1.165) is 25.7 Å². The van der Waals surface area contributed by atoms with Crippen LogP contribution in [0.5, 0.6) is 5.75 Å². The number of nitrogens with zero attached hydrogens (tertiary/aromatic N) is 1. The van der Waals surface area contributed by atoms with Gasteiger partial charge in [-0.15, -0.1) is 11.3 Å². The molecular weight excluding hydrogens is 312 g/mol. The van der Waals surface area contributed by atoms with Crippen molar-refractivity contribution in [1.29, 1.82) is 0 Å². The van der Waals surface area contributed by atoms with Crippen molar-refractivity contribution < 1.29 is 4.74 Å². The molecule has 2 N–H and O–H groups in total. The predicted octanol–water partition coefficient (Wildman–Crippen LogP) is 3.81. The summed E-state index contributed by atoms with van der Waals surface area (Å²) >= 11 is 5.09. The lowest BCUT2D eigenvalue weighted by Gasteiger charge is -2.13. The number of benzene rings is 1. The van der Waals surface area contributed by atoms with Crippen molar-refractivity contribution in [3.8, 4) is 5.75 Å². The molecule has 1 atom stereocenters. The average Bonchev–Trinajstić information content (AvgIpc) is 2.73. The fourth-order valence-electron chi connectivity index (χ4n) is 1.63. The summed E-state index contributed by atoms with van der Waals surface area (Å²) < 4.78 is 6.83. The van der Waals surface area contributed by atoms with Gasteiger partial charge in [0.05, 0.1) is 9.88 Å². The maximum atomic E-state index is 5.95. The van der Waals surface area contributed by atoms with Crippen LogP contribution < -0.4 is 10.5 Å². The Kier molecular flexibility index (Phi) is 4.37. The molecule has 2 aromatic rings. The highest BCUT2D eigenvalue weighted by atomic mass is 79.9. The summed E-state index contributed by atoms with van der Waals surface area (Å²) in [5.74, 6) is 0.833. The summed E-state index contributed by atoms with van der Waals surface area (Å²) in [4.78, 5) is 5.32. The second-order valence-electron chi connectivity index (χ2n) is 4.11. The average molecular weight is 327 g/mol. The molecule has 0 spiro atoms. The van der Waals surface area contributed by atoms with Crippen LogP contribution in [0.1, 0.15) is 28.4 Å². The van der Waals surface area contributed by atoms with Crippen molar-refractivity contribution in [2.24, 2.45) is 5.73 Å². The van der Waals surface area contributed by atoms with Crippen LogP contribution in [0.4, 0.5) is 0 Å². The van der Waals surface area contributed by atoms with Gasteiger partial charge in [-0.1, -0.05) is 15.9 Å². The Hall–Kier alpha value is -0.910. The smallest absolute Gasteiger partial charge is 0.124 e. The Morgan fingerprint density at radius 1 is 1.50 bits per heavy atom. The van der Waals surface area contributed by atoms with Gasteiger partial charge in [0.15, 0.2) is 0 Å². The second-order valence-corrected chi connectivity index (χ2v) is 6.34. The maximum Gasteiger partial charge on any atom is 0.124 e. The Bertz CT molecular complexity index is 540. The third kappa shape index (κ3) is 3.31. The molecule has 18 heavy (non-hydrogen) atoms. The number of aryl methyl sites for hydroxylation is 1. The molecular formula is C13H15BrN2OS. The van der Waals surface area contributed by atoms with Crippen LogP contribution in [-0.4, -0.2) is 4.98 Å². The molecule has 0 bridgehead atoms. The first-order chi connectivity index (χ1) is 8.56. The van der Waals surface area contributed by atoms with Crippen LogP contribution in [-0.2, 0) is 6.61 Å². The summed E-state index contributed by atoms with van der Waals surface area (Å²) in [6, 6.07) is 5.84. The molecule has 3 nitrogen and oxygen atoms in total. The van der Waals surface area contributed by atoms with Crippen LogP contribution in [0.25, 0.3) is 0 Å². The van der Waals surface area contributed by atoms with Gasteiger partial charge in [-0.25, -0.2) is 4.98 Å². The highest BCUT2D eigenvalue weighted by Crippen LogP contribution is 2.28. The summed E-state index contributed by atoms with van der Waals surface area (Å²) in [5, 5.41) is 1.05. The molecule has 1 aromatic carbocycles. The highest BCUT2D eigenvalue weighted by molar-refractivity contribution is 9.10. The molecule has 2 rings (SSSR count). The van der Waals surface area contributed by atoms with E-state index in [0.29, 0.717) is 6.61 Å². The molecule has 0 aliphatic heterocycles. The van der Waals surface area contributed by atoms with Crippen LogP contribution in [0, 0.1) is 6.92 Å². The normalized spacial score (nSPS) is 12.4. The van der Waals surface area contributed by atoms with E-state index < -0.39 is 0 Å². The molecule has 0 aliphatic rings. The van der Waals surface area contributed by atoms with Crippen LogP contribution in [0.2, 0.25) is 0 Å². The molecule has 5 heteroatoms. The Morgan fingerprint density at radius 3 is 2.89 bits per heavy atom. The Morgan fingerprint density at radius 2 is 2.28 bits per heavy atom.